The van der Waals surface area contributed by atoms with Crippen LogP contribution in [0.25, 0.3) is 0 Å². The van der Waals surface area contributed by atoms with E-state index in [0.717, 1.165) is 30.1 Å². The van der Waals surface area contributed by atoms with E-state index in [4.69, 9.17) is 0 Å². The number of nitro groups is 1. The standard InChI is InChI=1S/C15H20N2O2/c1-11-12(3-2-4-14(11)17(18)19)9-16-10-15(7-8-15)13-5-6-13/h2-4,13,16H,5-10H2,1H3. The maximum atomic E-state index is 10.9. The average molecular weight is 260 g/mol. The van der Waals surface area contributed by atoms with Crippen LogP contribution < -0.4 is 5.32 Å². The topological polar surface area (TPSA) is 55.2 Å². The fourth-order valence-corrected chi connectivity index (χ4v) is 3.09. The third-order valence-electron chi connectivity index (χ3n) is 4.74. The van der Waals surface area contributed by atoms with Gasteiger partial charge in [-0.2, -0.15) is 0 Å². The highest BCUT2D eigenvalue weighted by Gasteiger charge is 2.53. The van der Waals surface area contributed by atoms with Crippen molar-refractivity contribution in [2.75, 3.05) is 6.54 Å². The molecule has 0 aromatic heterocycles. The first-order valence-corrected chi connectivity index (χ1v) is 7.06. The van der Waals surface area contributed by atoms with Gasteiger partial charge in [0.2, 0.25) is 0 Å². The van der Waals surface area contributed by atoms with Gasteiger partial charge in [-0.25, -0.2) is 0 Å². The van der Waals surface area contributed by atoms with Crippen LogP contribution in [0.15, 0.2) is 18.2 Å². The van der Waals surface area contributed by atoms with Crippen LogP contribution in [-0.4, -0.2) is 11.5 Å². The number of nitrogens with zero attached hydrogens (tertiary/aromatic N) is 1. The van der Waals surface area contributed by atoms with E-state index in [0.29, 0.717) is 5.41 Å². The van der Waals surface area contributed by atoms with Gasteiger partial charge in [-0.1, -0.05) is 12.1 Å². The smallest absolute Gasteiger partial charge is 0.272 e. The molecule has 4 nitrogen and oxygen atoms in total. The summed E-state index contributed by atoms with van der Waals surface area (Å²) in [6, 6.07) is 5.33. The second-order valence-electron chi connectivity index (χ2n) is 6.06. The molecule has 0 amide bonds. The highest BCUT2D eigenvalue weighted by Crippen LogP contribution is 2.60. The first-order valence-electron chi connectivity index (χ1n) is 7.06. The zero-order valence-electron chi connectivity index (χ0n) is 11.3. The largest absolute Gasteiger partial charge is 0.312 e. The molecule has 2 saturated carbocycles. The second-order valence-corrected chi connectivity index (χ2v) is 6.06. The molecule has 0 saturated heterocycles. The lowest BCUT2D eigenvalue weighted by Crippen LogP contribution is -2.25. The van der Waals surface area contributed by atoms with Gasteiger partial charge in [0.1, 0.15) is 0 Å². The molecule has 2 aliphatic carbocycles. The quantitative estimate of drug-likeness (QED) is 0.631. The molecule has 0 aliphatic heterocycles. The van der Waals surface area contributed by atoms with Crippen LogP contribution in [0.5, 0.6) is 0 Å². The van der Waals surface area contributed by atoms with Crippen molar-refractivity contribution in [3.05, 3.63) is 39.4 Å². The zero-order valence-corrected chi connectivity index (χ0v) is 11.3. The Morgan fingerprint density at radius 2 is 2.16 bits per heavy atom. The summed E-state index contributed by atoms with van der Waals surface area (Å²) in [7, 11) is 0. The fraction of sp³-hybridized carbons (Fsp3) is 0.600. The van der Waals surface area contributed by atoms with Gasteiger partial charge in [0.25, 0.3) is 5.69 Å². The lowest BCUT2D eigenvalue weighted by Gasteiger charge is -2.15. The molecule has 1 N–H and O–H groups in total. The van der Waals surface area contributed by atoms with Crippen molar-refractivity contribution in [2.45, 2.75) is 39.2 Å². The highest BCUT2D eigenvalue weighted by atomic mass is 16.6. The third-order valence-corrected chi connectivity index (χ3v) is 4.74. The predicted octanol–water partition coefficient (Wildman–Crippen LogP) is 3.18. The first-order chi connectivity index (χ1) is 9.12. The molecule has 19 heavy (non-hydrogen) atoms. The van der Waals surface area contributed by atoms with Gasteiger partial charge in [-0.05, 0) is 49.5 Å². The molecule has 0 atom stereocenters. The van der Waals surface area contributed by atoms with Gasteiger partial charge in [0.05, 0.1) is 4.92 Å². The number of nitrogens with one attached hydrogen (secondary N) is 1. The molecule has 3 rings (SSSR count). The monoisotopic (exact) mass is 260 g/mol. The molecule has 2 fully saturated rings. The minimum Gasteiger partial charge on any atom is -0.312 e. The van der Waals surface area contributed by atoms with Gasteiger partial charge >= 0.3 is 0 Å². The van der Waals surface area contributed by atoms with E-state index in [9.17, 15) is 10.1 Å². The van der Waals surface area contributed by atoms with E-state index >= 15 is 0 Å². The SMILES string of the molecule is Cc1c(CNCC2(C3CC3)CC2)cccc1[N+](=O)[O-]. The van der Waals surface area contributed by atoms with Crippen LogP contribution in [0.3, 0.4) is 0 Å². The summed E-state index contributed by atoms with van der Waals surface area (Å²) in [5.74, 6) is 0.950. The Balaban J connectivity index is 1.60. The Bertz CT molecular complexity index is 505. The minimum atomic E-state index is -0.300. The van der Waals surface area contributed by atoms with E-state index in [1.807, 2.05) is 13.0 Å². The van der Waals surface area contributed by atoms with Crippen LogP contribution in [0.1, 0.15) is 36.8 Å². The van der Waals surface area contributed by atoms with Crippen LogP contribution >= 0.6 is 0 Å². The van der Waals surface area contributed by atoms with Crippen LogP contribution in [0.2, 0.25) is 0 Å². The lowest BCUT2D eigenvalue weighted by atomic mass is 10.0. The van der Waals surface area contributed by atoms with Crippen LogP contribution in [0, 0.1) is 28.4 Å². The third kappa shape index (κ3) is 2.50. The normalized spacial score (nSPS) is 20.3. The number of nitro benzene ring substituents is 1. The molecule has 0 spiro atoms. The van der Waals surface area contributed by atoms with E-state index in [1.165, 1.54) is 25.7 Å². The Kier molecular flexibility index (Phi) is 3.05. The fourth-order valence-electron chi connectivity index (χ4n) is 3.09. The molecular weight excluding hydrogens is 240 g/mol. The number of hydrogen-bond acceptors (Lipinski definition) is 3. The van der Waals surface area contributed by atoms with Gasteiger partial charge < -0.3 is 5.32 Å². The molecule has 2 aliphatic rings. The van der Waals surface area contributed by atoms with Gasteiger partial charge in [0, 0.05) is 24.7 Å². The number of rotatable bonds is 6. The summed E-state index contributed by atoms with van der Waals surface area (Å²) in [4.78, 5) is 10.6. The van der Waals surface area contributed by atoms with Gasteiger partial charge in [0.15, 0.2) is 0 Å². The van der Waals surface area contributed by atoms with Crippen molar-refractivity contribution in [1.82, 2.24) is 5.32 Å². The van der Waals surface area contributed by atoms with E-state index < -0.39 is 0 Å². The van der Waals surface area contributed by atoms with Crippen molar-refractivity contribution >= 4 is 5.69 Å². The van der Waals surface area contributed by atoms with E-state index in [2.05, 4.69) is 5.32 Å². The van der Waals surface area contributed by atoms with E-state index in [1.54, 1.807) is 12.1 Å². The highest BCUT2D eigenvalue weighted by molar-refractivity contribution is 5.44. The summed E-state index contributed by atoms with van der Waals surface area (Å²) in [5, 5.41) is 14.4. The Labute approximate surface area is 113 Å². The molecule has 102 valence electrons. The molecule has 0 radical (unpaired) electrons. The Morgan fingerprint density at radius 1 is 1.42 bits per heavy atom. The van der Waals surface area contributed by atoms with Gasteiger partial charge in [-0.3, -0.25) is 10.1 Å². The molecule has 0 heterocycles. The summed E-state index contributed by atoms with van der Waals surface area (Å²) < 4.78 is 0. The minimum absolute atomic E-state index is 0.225. The number of hydrogen-bond donors (Lipinski definition) is 1. The van der Waals surface area contributed by atoms with Crippen molar-refractivity contribution < 1.29 is 4.92 Å². The summed E-state index contributed by atoms with van der Waals surface area (Å²) in [6.45, 7) is 3.64. The Hall–Kier alpha value is -1.42. The molecule has 1 aromatic carbocycles. The second kappa shape index (κ2) is 4.60. The molecule has 0 unspecified atom stereocenters. The molecule has 1 aromatic rings. The number of benzene rings is 1. The lowest BCUT2D eigenvalue weighted by molar-refractivity contribution is -0.385. The summed E-state index contributed by atoms with van der Waals surface area (Å²) >= 11 is 0. The van der Waals surface area contributed by atoms with Crippen LogP contribution in [0.4, 0.5) is 5.69 Å². The van der Waals surface area contributed by atoms with Crippen molar-refractivity contribution in [3.63, 3.8) is 0 Å². The van der Waals surface area contributed by atoms with Gasteiger partial charge in [-0.15, -0.1) is 0 Å². The maximum absolute atomic E-state index is 10.9. The summed E-state index contributed by atoms with van der Waals surface area (Å²) in [6.07, 6.45) is 5.52. The molecule has 0 bridgehead atoms. The zero-order chi connectivity index (χ0) is 13.5. The van der Waals surface area contributed by atoms with Crippen molar-refractivity contribution in [2.24, 2.45) is 11.3 Å². The van der Waals surface area contributed by atoms with Crippen molar-refractivity contribution in [1.29, 1.82) is 0 Å². The van der Waals surface area contributed by atoms with Crippen molar-refractivity contribution in [3.8, 4) is 0 Å². The maximum Gasteiger partial charge on any atom is 0.272 e. The molecular formula is C15H20N2O2. The van der Waals surface area contributed by atoms with Crippen LogP contribution in [-0.2, 0) is 6.54 Å². The predicted molar refractivity (Wildman–Crippen MR) is 73.9 cm³/mol. The molecule has 4 heteroatoms. The summed E-state index contributed by atoms with van der Waals surface area (Å²) in [5.41, 5.74) is 2.63. The Morgan fingerprint density at radius 3 is 2.74 bits per heavy atom. The first kappa shape index (κ1) is 12.6. The van der Waals surface area contributed by atoms with E-state index in [-0.39, 0.29) is 10.6 Å². The average Bonchev–Trinajstić information content (AvgIpc) is 3.25.